The summed E-state index contributed by atoms with van der Waals surface area (Å²) in [5.41, 5.74) is 9.96. The van der Waals surface area contributed by atoms with Gasteiger partial charge in [-0.25, -0.2) is 9.50 Å². The molecule has 0 bridgehead atoms. The smallest absolute Gasteiger partial charge is 0.292 e. The van der Waals surface area contributed by atoms with Gasteiger partial charge >= 0.3 is 0 Å². The summed E-state index contributed by atoms with van der Waals surface area (Å²) < 4.78 is 7.13. The highest BCUT2D eigenvalue weighted by Gasteiger charge is 2.26. The molecule has 12 nitrogen and oxygen atoms in total. The number of nitrogens with one attached hydrogen (secondary N) is 3. The van der Waals surface area contributed by atoms with Gasteiger partial charge in [-0.1, -0.05) is 74.5 Å². The number of fused-ring (bicyclic) bond motifs is 1. The van der Waals surface area contributed by atoms with Gasteiger partial charge < -0.3 is 15.2 Å². The number of carbonyl (C=O) groups excluding carboxylic acids is 3. The minimum absolute atomic E-state index is 0.0235. The molecule has 1 atom stereocenters. The lowest BCUT2D eigenvalue weighted by Crippen LogP contribution is -2.47. The maximum atomic E-state index is 12.7. The van der Waals surface area contributed by atoms with Gasteiger partial charge in [-0.2, -0.15) is 10.1 Å². The number of amides is 3. The third-order valence-corrected chi connectivity index (χ3v) is 9.73. The maximum absolute atomic E-state index is 12.7. The molecular weight excluding hydrogens is 681 g/mol. The predicted molar refractivity (Wildman–Crippen MR) is 206 cm³/mol. The largest absolute Gasteiger partial charge is 0.374 e. The second kappa shape index (κ2) is 15.4. The van der Waals surface area contributed by atoms with Gasteiger partial charge in [0.05, 0.1) is 11.2 Å². The Hall–Kier alpha value is -6.17. The van der Waals surface area contributed by atoms with Crippen LogP contribution in [0, 0.1) is 6.92 Å². The maximum Gasteiger partial charge on any atom is 0.292 e. The molecule has 7 rings (SSSR count). The average Bonchev–Trinajstić information content (AvgIpc) is 3.84. The first-order valence-corrected chi connectivity index (χ1v) is 18.3. The molecule has 0 spiro atoms. The molecule has 276 valence electrons. The first-order valence-electron chi connectivity index (χ1n) is 18.3. The molecule has 0 radical (unpaired) electrons. The summed E-state index contributed by atoms with van der Waals surface area (Å²) in [6, 6.07) is 24.8. The Morgan fingerprint density at radius 1 is 0.926 bits per heavy atom. The summed E-state index contributed by atoms with van der Waals surface area (Å²) >= 11 is 0. The number of unbranched alkanes of at least 4 members (excludes halogenated alkanes) is 1. The Morgan fingerprint density at radius 3 is 2.30 bits per heavy atom. The number of hydrogen-bond donors (Lipinski definition) is 3. The van der Waals surface area contributed by atoms with E-state index < -0.39 is 0 Å². The van der Waals surface area contributed by atoms with E-state index in [1.54, 1.807) is 6.33 Å². The summed E-state index contributed by atoms with van der Waals surface area (Å²) in [6.07, 6.45) is 8.60. The van der Waals surface area contributed by atoms with Gasteiger partial charge in [0.25, 0.3) is 11.7 Å². The molecule has 1 aliphatic heterocycles. The molecule has 6 aromatic rings. The summed E-state index contributed by atoms with van der Waals surface area (Å²) in [4.78, 5) is 45.0. The van der Waals surface area contributed by atoms with Crippen LogP contribution in [-0.4, -0.2) is 48.5 Å². The van der Waals surface area contributed by atoms with Crippen LogP contribution < -0.4 is 16.0 Å². The van der Waals surface area contributed by atoms with Crippen LogP contribution in [0.2, 0.25) is 0 Å². The number of hydrogen-bond acceptors (Lipinski definition) is 9. The van der Waals surface area contributed by atoms with Gasteiger partial charge in [0.2, 0.25) is 17.7 Å². The molecular formula is C42H44N8O4. The Bertz CT molecular complexity index is 2300. The van der Waals surface area contributed by atoms with Crippen molar-refractivity contribution in [2.75, 3.05) is 5.32 Å². The van der Waals surface area contributed by atoms with E-state index in [-0.39, 0.29) is 35.0 Å². The number of piperidine rings is 1. The minimum Gasteiger partial charge on any atom is -0.374 e. The third kappa shape index (κ3) is 8.38. The number of aromatic nitrogens is 5. The molecule has 3 aromatic heterocycles. The fraction of sp³-hybridized carbons (Fsp3) is 0.310. The highest BCUT2D eigenvalue weighted by atomic mass is 16.5. The van der Waals surface area contributed by atoms with Gasteiger partial charge in [0.15, 0.2) is 0 Å². The van der Waals surface area contributed by atoms with Crippen molar-refractivity contribution in [1.29, 1.82) is 0 Å². The monoisotopic (exact) mass is 724 g/mol. The Labute approximate surface area is 313 Å². The van der Waals surface area contributed by atoms with E-state index in [4.69, 9.17) is 4.52 Å². The molecule has 0 saturated carbocycles. The Morgan fingerprint density at radius 2 is 1.63 bits per heavy atom. The Balaban J connectivity index is 0.924. The van der Waals surface area contributed by atoms with Gasteiger partial charge in [-0.3, -0.25) is 19.7 Å². The van der Waals surface area contributed by atoms with Crippen molar-refractivity contribution in [2.45, 2.75) is 84.2 Å². The van der Waals surface area contributed by atoms with Crippen LogP contribution >= 0.6 is 0 Å². The quantitative estimate of drug-likeness (QED) is 0.0916. The van der Waals surface area contributed by atoms with Crippen molar-refractivity contribution in [2.24, 2.45) is 0 Å². The number of benzene rings is 3. The number of nitrogens with zero attached hydrogens (tertiary/aromatic N) is 5. The van der Waals surface area contributed by atoms with Crippen LogP contribution in [0.1, 0.15) is 85.2 Å². The molecule has 1 fully saturated rings. The molecule has 3 amide bonds. The van der Waals surface area contributed by atoms with Crippen molar-refractivity contribution in [3.05, 3.63) is 119 Å². The molecule has 4 heterocycles. The molecule has 1 aliphatic rings. The number of imide groups is 1. The summed E-state index contributed by atoms with van der Waals surface area (Å²) in [5.74, 6) is -0.412. The van der Waals surface area contributed by atoms with Crippen molar-refractivity contribution >= 4 is 28.9 Å². The molecule has 12 heteroatoms. The van der Waals surface area contributed by atoms with Gasteiger partial charge in [-0.15, -0.1) is 0 Å². The van der Waals surface area contributed by atoms with Crippen LogP contribution in [0.5, 0.6) is 0 Å². The first-order chi connectivity index (χ1) is 26.0. The van der Waals surface area contributed by atoms with Crippen molar-refractivity contribution in [3.8, 4) is 22.4 Å². The van der Waals surface area contributed by atoms with Gasteiger partial charge in [0.1, 0.15) is 12.4 Å². The van der Waals surface area contributed by atoms with Gasteiger partial charge in [0, 0.05) is 41.4 Å². The van der Waals surface area contributed by atoms with Crippen LogP contribution in [0.3, 0.4) is 0 Å². The summed E-state index contributed by atoms with van der Waals surface area (Å²) in [5, 5.41) is 16.8. The molecule has 0 aliphatic carbocycles. The predicted octanol–water partition coefficient (Wildman–Crippen LogP) is 6.76. The van der Waals surface area contributed by atoms with Gasteiger partial charge in [-0.05, 0) is 91.1 Å². The van der Waals surface area contributed by atoms with Crippen molar-refractivity contribution in [1.82, 2.24) is 35.4 Å². The fourth-order valence-electron chi connectivity index (χ4n) is 6.55. The Kier molecular flexibility index (Phi) is 10.3. The zero-order valence-corrected chi connectivity index (χ0v) is 31.0. The summed E-state index contributed by atoms with van der Waals surface area (Å²) in [6.45, 7) is 8.20. The molecule has 1 saturated heterocycles. The topological polar surface area (TPSA) is 156 Å². The molecule has 54 heavy (non-hydrogen) atoms. The first kappa shape index (κ1) is 36.2. The number of rotatable bonds is 12. The normalized spacial score (nSPS) is 14.6. The fourth-order valence-corrected chi connectivity index (χ4v) is 6.55. The number of aryl methyl sites for hydroxylation is 3. The van der Waals surface area contributed by atoms with Crippen molar-refractivity contribution in [3.63, 3.8) is 0 Å². The van der Waals surface area contributed by atoms with Crippen LogP contribution in [0.15, 0.2) is 89.8 Å². The second-order valence-electron chi connectivity index (χ2n) is 14.9. The third-order valence-electron chi connectivity index (χ3n) is 9.73. The summed E-state index contributed by atoms with van der Waals surface area (Å²) in [7, 11) is 0. The van der Waals surface area contributed by atoms with Crippen molar-refractivity contribution < 1.29 is 18.9 Å². The van der Waals surface area contributed by atoms with E-state index in [0.29, 0.717) is 25.3 Å². The lowest BCUT2D eigenvalue weighted by molar-refractivity contribution is -0.133. The minimum atomic E-state index is -0.383. The van der Waals surface area contributed by atoms with Crippen LogP contribution in [-0.2, 0) is 34.4 Å². The molecule has 3 aromatic carbocycles. The second-order valence-corrected chi connectivity index (χ2v) is 14.9. The van der Waals surface area contributed by atoms with E-state index in [0.717, 1.165) is 70.4 Å². The van der Waals surface area contributed by atoms with E-state index >= 15 is 0 Å². The number of anilines is 1. The lowest BCUT2D eigenvalue weighted by Gasteiger charge is -2.22. The van der Waals surface area contributed by atoms with Crippen LogP contribution in [0.4, 0.5) is 5.69 Å². The molecule has 1 unspecified atom stereocenters. The van der Waals surface area contributed by atoms with E-state index in [2.05, 4.69) is 84.7 Å². The van der Waals surface area contributed by atoms with Crippen LogP contribution in [0.25, 0.3) is 27.9 Å². The zero-order chi connectivity index (χ0) is 37.8. The number of carbonyl (C=O) groups is 3. The molecule has 3 N–H and O–H groups in total. The highest BCUT2D eigenvalue weighted by Crippen LogP contribution is 2.30. The van der Waals surface area contributed by atoms with E-state index in [1.807, 2.05) is 62.7 Å². The van der Waals surface area contributed by atoms with E-state index in [9.17, 15) is 14.4 Å². The standard InChI is InChI=1S/C42H44N8O4/c1-26-21-30(15-16-31(26)23-43-40(53)38-48-41(54-49-38)42(2,3)4)37-35-22-32(24-50(35)45-25-44-37)29-13-9-27(10-14-29)7-5-6-8-28-11-17-33(18-12-28)46-34-19-20-36(51)47-39(34)52/h9-18,21-22,24-25,34,46H,5-8,19-20,23H2,1-4H3,(H,43,53)(H,47,51,52). The highest BCUT2D eigenvalue weighted by molar-refractivity contribution is 6.01. The average molecular weight is 725 g/mol. The zero-order valence-electron chi connectivity index (χ0n) is 31.0. The SMILES string of the molecule is Cc1cc(-c2ncnn3cc(-c4ccc(CCCCc5ccc(NC6CCC(=O)NC6=O)cc5)cc4)cc23)ccc1CNC(=O)c1noc(C(C)(C)C)n1. The van der Waals surface area contributed by atoms with E-state index in [1.165, 1.54) is 11.1 Å². The lowest BCUT2D eigenvalue weighted by atomic mass is 9.97.